The number of aliphatic hydroxyl groups is 3. The highest BCUT2D eigenvalue weighted by Crippen LogP contribution is 2.20. The van der Waals surface area contributed by atoms with Gasteiger partial charge in [0.25, 0.3) is 0 Å². The zero-order valence-corrected chi connectivity index (χ0v) is 13.3. The summed E-state index contributed by atoms with van der Waals surface area (Å²) in [6.07, 6.45) is -3.42. The largest absolute Gasteiger partial charge is 0.394 e. The van der Waals surface area contributed by atoms with Crippen molar-refractivity contribution >= 4 is 0 Å². The Labute approximate surface area is 136 Å². The third kappa shape index (κ3) is 8.89. The van der Waals surface area contributed by atoms with Gasteiger partial charge in [-0.25, -0.2) is 0 Å². The lowest BCUT2D eigenvalue weighted by Gasteiger charge is -2.36. The van der Waals surface area contributed by atoms with E-state index in [9.17, 15) is 10.2 Å². The zero-order valence-electron chi connectivity index (χ0n) is 13.3. The minimum absolute atomic E-state index is 0.181. The smallest absolute Gasteiger partial charge is 0.186 e. The van der Waals surface area contributed by atoms with Gasteiger partial charge in [-0.15, -0.1) is 0 Å². The molecule has 1 fully saturated rings. The fraction of sp³-hybridized carbons (Fsp3) is 1.00. The van der Waals surface area contributed by atoms with E-state index in [-0.39, 0.29) is 19.6 Å². The molecule has 23 heavy (non-hydrogen) atoms. The number of rotatable bonds is 13. The molecule has 5 N–H and O–H groups in total. The molecule has 0 aromatic rings. The van der Waals surface area contributed by atoms with Gasteiger partial charge in [-0.3, -0.25) is 0 Å². The summed E-state index contributed by atoms with van der Waals surface area (Å²) in [6.45, 7) is 3.15. The van der Waals surface area contributed by atoms with Crippen molar-refractivity contribution in [2.45, 2.75) is 31.0 Å². The maximum absolute atomic E-state index is 9.75. The van der Waals surface area contributed by atoms with Crippen LogP contribution in [0.1, 0.15) is 6.42 Å². The highest BCUT2D eigenvalue weighted by atomic mass is 16.7. The summed E-state index contributed by atoms with van der Waals surface area (Å²) in [7, 11) is 0. The number of hydrogen-bond acceptors (Lipinski definition) is 9. The Bertz CT molecular complexity index is 284. The number of ether oxygens (including phenoxy) is 5. The minimum Gasteiger partial charge on any atom is -0.394 e. The molecule has 0 saturated carbocycles. The van der Waals surface area contributed by atoms with Gasteiger partial charge in [0, 0.05) is 13.0 Å². The van der Waals surface area contributed by atoms with Crippen molar-refractivity contribution in [3.8, 4) is 0 Å². The van der Waals surface area contributed by atoms with Gasteiger partial charge >= 0.3 is 0 Å². The lowest BCUT2D eigenvalue weighted by molar-refractivity contribution is -0.273. The summed E-state index contributed by atoms with van der Waals surface area (Å²) in [4.78, 5) is 0. The molecule has 0 spiro atoms. The van der Waals surface area contributed by atoms with Gasteiger partial charge in [-0.2, -0.15) is 0 Å². The highest BCUT2D eigenvalue weighted by molar-refractivity contribution is 4.80. The van der Waals surface area contributed by atoms with E-state index < -0.39 is 24.6 Å². The summed E-state index contributed by atoms with van der Waals surface area (Å²) in [5.74, 6) is 0. The Kier molecular flexibility index (Phi) is 11.7. The SMILES string of the molecule is NCCOCCOCCOCCO[C@@H]1O[C@H](CO)C[C@H](O)[C@H]1O. The van der Waals surface area contributed by atoms with Crippen LogP contribution in [0.15, 0.2) is 0 Å². The van der Waals surface area contributed by atoms with E-state index in [0.717, 1.165) is 0 Å². The maximum Gasteiger partial charge on any atom is 0.186 e. The Morgan fingerprint density at radius 1 is 0.913 bits per heavy atom. The summed E-state index contributed by atoms with van der Waals surface area (Å²) in [5, 5.41) is 28.4. The van der Waals surface area contributed by atoms with Crippen molar-refractivity contribution in [3.05, 3.63) is 0 Å². The quantitative estimate of drug-likeness (QED) is 0.277. The van der Waals surface area contributed by atoms with Gasteiger partial charge in [0.05, 0.1) is 65.1 Å². The van der Waals surface area contributed by atoms with Gasteiger partial charge in [-0.05, 0) is 0 Å². The maximum atomic E-state index is 9.75. The minimum atomic E-state index is -1.13. The van der Waals surface area contributed by atoms with Crippen LogP contribution in [0.3, 0.4) is 0 Å². The van der Waals surface area contributed by atoms with E-state index in [0.29, 0.717) is 46.2 Å². The number of aliphatic hydroxyl groups excluding tert-OH is 3. The number of hydrogen-bond donors (Lipinski definition) is 4. The molecule has 138 valence electrons. The summed E-state index contributed by atoms with van der Waals surface area (Å²) < 4.78 is 26.4. The second-order valence-electron chi connectivity index (χ2n) is 5.10. The third-order valence-corrected chi connectivity index (χ3v) is 3.22. The van der Waals surface area contributed by atoms with E-state index in [1.54, 1.807) is 0 Å². The normalized spacial score (nSPS) is 28.2. The molecule has 9 nitrogen and oxygen atoms in total. The summed E-state index contributed by atoms with van der Waals surface area (Å²) >= 11 is 0. The molecule has 9 heteroatoms. The van der Waals surface area contributed by atoms with Crippen LogP contribution in [-0.4, -0.2) is 99.3 Å². The van der Waals surface area contributed by atoms with E-state index in [1.165, 1.54) is 0 Å². The predicted molar refractivity (Wildman–Crippen MR) is 79.8 cm³/mol. The molecule has 1 heterocycles. The fourth-order valence-electron chi connectivity index (χ4n) is 2.02. The average molecular weight is 339 g/mol. The highest BCUT2D eigenvalue weighted by Gasteiger charge is 2.36. The zero-order chi connectivity index (χ0) is 16.9. The van der Waals surface area contributed by atoms with Crippen LogP contribution in [0.4, 0.5) is 0 Å². The molecule has 0 unspecified atom stereocenters. The molecule has 0 amide bonds. The molecule has 1 saturated heterocycles. The first-order valence-electron chi connectivity index (χ1n) is 7.86. The topological polar surface area (TPSA) is 133 Å². The van der Waals surface area contributed by atoms with Crippen LogP contribution < -0.4 is 5.73 Å². The molecular formula is C14H29NO8. The van der Waals surface area contributed by atoms with Crippen molar-refractivity contribution in [2.75, 3.05) is 59.4 Å². The first kappa shape index (κ1) is 20.7. The van der Waals surface area contributed by atoms with Crippen LogP contribution >= 0.6 is 0 Å². The molecule has 0 aliphatic carbocycles. The van der Waals surface area contributed by atoms with Crippen molar-refractivity contribution < 1.29 is 39.0 Å². The van der Waals surface area contributed by atoms with Gasteiger partial charge in [0.2, 0.25) is 0 Å². The van der Waals surface area contributed by atoms with E-state index >= 15 is 0 Å². The van der Waals surface area contributed by atoms with Crippen LogP contribution in [0.5, 0.6) is 0 Å². The average Bonchev–Trinajstić information content (AvgIpc) is 2.56. The monoisotopic (exact) mass is 339 g/mol. The lowest BCUT2D eigenvalue weighted by atomic mass is 10.0. The second kappa shape index (κ2) is 13.0. The van der Waals surface area contributed by atoms with Gasteiger partial charge in [0.1, 0.15) is 6.10 Å². The summed E-state index contributed by atoms with van der Waals surface area (Å²) in [6, 6.07) is 0. The van der Waals surface area contributed by atoms with E-state index in [2.05, 4.69) is 0 Å². The molecule has 0 radical (unpaired) electrons. The molecule has 1 aliphatic rings. The Morgan fingerprint density at radius 3 is 2.04 bits per heavy atom. The standard InChI is InChI=1S/C14H29NO8/c15-1-2-19-3-4-20-5-6-21-7-8-22-14-13(18)12(17)9-11(10-16)23-14/h11-14,16-18H,1-10,15H2/t11-,12-,13+,14+/m0/s1. The molecule has 4 atom stereocenters. The van der Waals surface area contributed by atoms with Crippen molar-refractivity contribution in [3.63, 3.8) is 0 Å². The van der Waals surface area contributed by atoms with Crippen molar-refractivity contribution in [1.82, 2.24) is 0 Å². The van der Waals surface area contributed by atoms with Crippen LogP contribution in [0.25, 0.3) is 0 Å². The lowest BCUT2D eigenvalue weighted by Crippen LogP contribution is -2.50. The third-order valence-electron chi connectivity index (χ3n) is 3.22. The van der Waals surface area contributed by atoms with Crippen LogP contribution in [0.2, 0.25) is 0 Å². The van der Waals surface area contributed by atoms with Crippen molar-refractivity contribution in [1.29, 1.82) is 0 Å². The van der Waals surface area contributed by atoms with Gasteiger partial charge in [-0.1, -0.05) is 0 Å². The van der Waals surface area contributed by atoms with Crippen molar-refractivity contribution in [2.24, 2.45) is 5.73 Å². The first-order valence-corrected chi connectivity index (χ1v) is 7.86. The predicted octanol–water partition coefficient (Wildman–Crippen LogP) is -2.16. The molecule has 1 aliphatic heterocycles. The van der Waals surface area contributed by atoms with E-state index in [4.69, 9.17) is 34.5 Å². The van der Waals surface area contributed by atoms with Gasteiger partial charge in [0.15, 0.2) is 6.29 Å². The Hall–Kier alpha value is -0.360. The fourth-order valence-corrected chi connectivity index (χ4v) is 2.02. The molecule has 0 bridgehead atoms. The molecule has 0 aromatic carbocycles. The van der Waals surface area contributed by atoms with Crippen LogP contribution in [-0.2, 0) is 23.7 Å². The Morgan fingerprint density at radius 2 is 1.48 bits per heavy atom. The summed E-state index contributed by atoms with van der Waals surface area (Å²) in [5.41, 5.74) is 5.27. The molecule has 1 rings (SSSR count). The molecular weight excluding hydrogens is 310 g/mol. The number of nitrogens with two attached hydrogens (primary N) is 1. The second-order valence-corrected chi connectivity index (χ2v) is 5.10. The van der Waals surface area contributed by atoms with Gasteiger partial charge < -0.3 is 44.7 Å². The molecule has 0 aromatic heterocycles. The Balaban J connectivity index is 1.95. The van der Waals surface area contributed by atoms with E-state index in [1.807, 2.05) is 0 Å². The van der Waals surface area contributed by atoms with Crippen LogP contribution in [0, 0.1) is 0 Å². The first-order chi connectivity index (χ1) is 11.2.